The van der Waals surface area contributed by atoms with Crippen LogP contribution in [0.1, 0.15) is 16.8 Å². The maximum absolute atomic E-state index is 13.6. The van der Waals surface area contributed by atoms with E-state index in [1.54, 1.807) is 6.20 Å². The van der Waals surface area contributed by atoms with Gasteiger partial charge in [0.1, 0.15) is 5.82 Å². The Morgan fingerprint density at radius 1 is 1.42 bits per heavy atom. The maximum atomic E-state index is 13.6. The molecule has 2 aromatic rings. The molecule has 1 aromatic carbocycles. The fraction of sp³-hybridized carbons (Fsp3) is 0.385. The fourth-order valence-corrected chi connectivity index (χ4v) is 2.94. The van der Waals surface area contributed by atoms with E-state index in [2.05, 4.69) is 36.2 Å². The van der Waals surface area contributed by atoms with Gasteiger partial charge >= 0.3 is 0 Å². The molecular weight excluding hydrogens is 311 g/mol. The Labute approximate surface area is 119 Å². The monoisotopic (exact) mass is 324 g/mol. The first-order chi connectivity index (χ1) is 9.24. The Bertz CT molecular complexity index is 570. The Kier molecular flexibility index (Phi) is 3.61. The van der Waals surface area contributed by atoms with E-state index in [1.165, 1.54) is 11.6 Å². The van der Waals surface area contributed by atoms with Gasteiger partial charge in [0.05, 0.1) is 16.4 Å². The van der Waals surface area contributed by atoms with Gasteiger partial charge in [-0.2, -0.15) is 15.4 Å². The quantitative estimate of drug-likeness (QED) is 0.942. The third-order valence-electron chi connectivity index (χ3n) is 3.52. The molecule has 0 bridgehead atoms. The predicted molar refractivity (Wildman–Crippen MR) is 73.2 cm³/mol. The Balaban J connectivity index is 1.69. The van der Waals surface area contributed by atoms with Gasteiger partial charge in [0.15, 0.2) is 0 Å². The summed E-state index contributed by atoms with van der Waals surface area (Å²) in [7, 11) is 0. The third-order valence-corrected chi connectivity index (χ3v) is 4.38. The van der Waals surface area contributed by atoms with Gasteiger partial charge in [-0.1, -0.05) is 6.07 Å². The van der Waals surface area contributed by atoms with E-state index < -0.39 is 0 Å². The summed E-state index contributed by atoms with van der Waals surface area (Å²) in [5.41, 5.74) is 3.28. The van der Waals surface area contributed by atoms with Crippen LogP contribution in [0.3, 0.4) is 0 Å². The van der Waals surface area contributed by atoms with Gasteiger partial charge in [-0.15, -0.1) is 0 Å². The van der Waals surface area contributed by atoms with Crippen molar-refractivity contribution in [2.45, 2.75) is 19.4 Å². The molecule has 2 heterocycles. The molecule has 0 unspecified atom stereocenters. The van der Waals surface area contributed by atoms with Gasteiger partial charge in [0.2, 0.25) is 0 Å². The second-order valence-corrected chi connectivity index (χ2v) is 5.53. The smallest absolute Gasteiger partial charge is 0.137 e. The lowest BCUT2D eigenvalue weighted by Crippen LogP contribution is -2.32. The molecule has 3 rings (SSSR count). The van der Waals surface area contributed by atoms with Gasteiger partial charge in [0.25, 0.3) is 0 Å². The van der Waals surface area contributed by atoms with E-state index in [1.807, 2.05) is 6.07 Å². The lowest BCUT2D eigenvalue weighted by Gasteiger charge is -2.29. The van der Waals surface area contributed by atoms with E-state index in [0.717, 1.165) is 43.7 Å². The lowest BCUT2D eigenvalue weighted by molar-refractivity contribution is 0.255. The molecule has 1 aromatic heterocycles. The van der Waals surface area contributed by atoms with Gasteiger partial charge in [0, 0.05) is 26.1 Å². The highest BCUT2D eigenvalue weighted by atomic mass is 79.9. The minimum atomic E-state index is -0.183. The molecule has 1 aliphatic rings. The molecule has 100 valence electrons. The zero-order valence-corrected chi connectivity index (χ0v) is 12.0. The molecular formula is C13H14BrFN4. The predicted octanol–water partition coefficient (Wildman–Crippen LogP) is 2.31. The van der Waals surface area contributed by atoms with Crippen LogP contribution in [0.25, 0.3) is 0 Å². The summed E-state index contributed by atoms with van der Waals surface area (Å²) in [6, 6.07) is 3.43. The second-order valence-electron chi connectivity index (χ2n) is 4.74. The summed E-state index contributed by atoms with van der Waals surface area (Å²) in [6.07, 6.45) is 3.57. The van der Waals surface area contributed by atoms with Crippen molar-refractivity contribution in [1.82, 2.24) is 20.3 Å². The third kappa shape index (κ3) is 2.69. The molecule has 0 radical (unpaired) electrons. The van der Waals surface area contributed by atoms with Gasteiger partial charge in [-0.05, 0) is 39.5 Å². The highest BCUT2D eigenvalue weighted by molar-refractivity contribution is 9.10. The van der Waals surface area contributed by atoms with Crippen molar-refractivity contribution >= 4 is 15.9 Å². The molecule has 0 saturated carbocycles. The summed E-state index contributed by atoms with van der Waals surface area (Å²) in [6.45, 7) is 2.70. The van der Waals surface area contributed by atoms with Crippen LogP contribution in [0, 0.1) is 5.82 Å². The van der Waals surface area contributed by atoms with Crippen LogP contribution in [0.5, 0.6) is 0 Å². The molecule has 19 heavy (non-hydrogen) atoms. The number of halogens is 2. The largest absolute Gasteiger partial charge is 0.298 e. The van der Waals surface area contributed by atoms with Crippen molar-refractivity contribution in [3.63, 3.8) is 0 Å². The zero-order valence-electron chi connectivity index (χ0n) is 10.4. The van der Waals surface area contributed by atoms with Crippen LogP contribution in [-0.4, -0.2) is 33.4 Å². The van der Waals surface area contributed by atoms with E-state index in [0.29, 0.717) is 4.47 Å². The Hall–Kier alpha value is -1.27. The number of aromatic nitrogens is 3. The van der Waals surface area contributed by atoms with Crippen molar-refractivity contribution in [3.8, 4) is 0 Å². The maximum Gasteiger partial charge on any atom is 0.137 e. The zero-order chi connectivity index (χ0) is 13.2. The van der Waals surface area contributed by atoms with Crippen molar-refractivity contribution in [2.24, 2.45) is 0 Å². The van der Waals surface area contributed by atoms with Crippen LogP contribution in [0.4, 0.5) is 4.39 Å². The van der Waals surface area contributed by atoms with Crippen LogP contribution >= 0.6 is 15.9 Å². The second kappa shape index (κ2) is 5.38. The number of rotatable bonds is 3. The molecule has 4 nitrogen and oxygen atoms in total. The summed E-state index contributed by atoms with van der Waals surface area (Å²) in [4.78, 5) is 2.32. The van der Waals surface area contributed by atoms with Gasteiger partial charge in [-0.3, -0.25) is 4.90 Å². The average molecular weight is 325 g/mol. The van der Waals surface area contributed by atoms with Crippen molar-refractivity contribution < 1.29 is 4.39 Å². The van der Waals surface area contributed by atoms with E-state index >= 15 is 0 Å². The SMILES string of the molecule is Fc1ccc2c(c1Br)CN(CCc1cn[nH]n1)CC2. The lowest BCUT2D eigenvalue weighted by atomic mass is 9.99. The number of fused-ring (bicyclic) bond motifs is 1. The number of hydrogen-bond acceptors (Lipinski definition) is 3. The number of hydrogen-bond donors (Lipinski definition) is 1. The number of nitrogens with one attached hydrogen (secondary N) is 1. The Morgan fingerprint density at radius 2 is 2.32 bits per heavy atom. The number of H-pyrrole nitrogens is 1. The van der Waals surface area contributed by atoms with E-state index in [4.69, 9.17) is 0 Å². The molecule has 1 N–H and O–H groups in total. The van der Waals surface area contributed by atoms with Crippen LogP contribution < -0.4 is 0 Å². The van der Waals surface area contributed by atoms with Crippen molar-refractivity contribution in [3.05, 3.63) is 45.4 Å². The van der Waals surface area contributed by atoms with E-state index in [-0.39, 0.29) is 5.82 Å². The highest BCUT2D eigenvalue weighted by Crippen LogP contribution is 2.28. The fourth-order valence-electron chi connectivity index (χ4n) is 2.43. The van der Waals surface area contributed by atoms with Gasteiger partial charge in [-0.25, -0.2) is 4.39 Å². The van der Waals surface area contributed by atoms with E-state index in [9.17, 15) is 4.39 Å². The number of aromatic amines is 1. The standard InChI is InChI=1S/C13H14BrFN4/c14-13-11-8-19(6-4-10-7-16-18-17-10)5-3-9(11)1-2-12(13)15/h1-2,7H,3-6,8H2,(H,16,17,18). The summed E-state index contributed by atoms with van der Waals surface area (Å²) < 4.78 is 14.2. The molecule has 0 spiro atoms. The van der Waals surface area contributed by atoms with Crippen LogP contribution in [-0.2, 0) is 19.4 Å². The number of benzene rings is 1. The first kappa shape index (κ1) is 12.7. The topological polar surface area (TPSA) is 44.8 Å². The summed E-state index contributed by atoms with van der Waals surface area (Å²) in [5, 5.41) is 10.5. The molecule has 1 aliphatic heterocycles. The minimum absolute atomic E-state index is 0.183. The van der Waals surface area contributed by atoms with Crippen LogP contribution in [0.2, 0.25) is 0 Å². The average Bonchev–Trinajstić information content (AvgIpc) is 2.94. The van der Waals surface area contributed by atoms with Crippen molar-refractivity contribution in [1.29, 1.82) is 0 Å². The highest BCUT2D eigenvalue weighted by Gasteiger charge is 2.20. The van der Waals surface area contributed by atoms with Gasteiger partial charge < -0.3 is 0 Å². The molecule has 6 heteroatoms. The molecule has 0 amide bonds. The van der Waals surface area contributed by atoms with Crippen LogP contribution in [0.15, 0.2) is 22.8 Å². The normalized spacial score (nSPS) is 15.5. The number of nitrogens with zero attached hydrogens (tertiary/aromatic N) is 3. The first-order valence-corrected chi connectivity index (χ1v) is 7.06. The van der Waals surface area contributed by atoms with Crippen molar-refractivity contribution in [2.75, 3.05) is 13.1 Å². The molecule has 0 fully saturated rings. The summed E-state index contributed by atoms with van der Waals surface area (Å²) in [5.74, 6) is -0.183. The first-order valence-electron chi connectivity index (χ1n) is 6.27. The molecule has 0 aliphatic carbocycles. The summed E-state index contributed by atoms with van der Waals surface area (Å²) >= 11 is 3.35. The minimum Gasteiger partial charge on any atom is -0.298 e. The Morgan fingerprint density at radius 3 is 3.11 bits per heavy atom. The molecule has 0 atom stereocenters. The molecule has 0 saturated heterocycles.